The van der Waals surface area contributed by atoms with Gasteiger partial charge in [-0.3, -0.25) is 19.7 Å². The summed E-state index contributed by atoms with van der Waals surface area (Å²) in [6.07, 6.45) is 1.52. The number of amides is 1. The molecule has 26 heavy (non-hydrogen) atoms. The van der Waals surface area contributed by atoms with Crippen molar-refractivity contribution in [3.8, 4) is 5.69 Å². The predicted molar refractivity (Wildman–Crippen MR) is 104 cm³/mol. The monoisotopic (exact) mass is 368 g/mol. The largest absolute Gasteiger partial charge is 0.326 e. The second-order valence-corrected chi connectivity index (χ2v) is 6.19. The van der Waals surface area contributed by atoms with Crippen LogP contribution in [0.15, 0.2) is 58.3 Å². The number of H-pyrrole nitrogens is 1. The van der Waals surface area contributed by atoms with E-state index in [1.807, 2.05) is 6.92 Å². The van der Waals surface area contributed by atoms with Crippen LogP contribution in [0.4, 0.5) is 11.4 Å². The van der Waals surface area contributed by atoms with Gasteiger partial charge in [-0.1, -0.05) is 17.7 Å². The SMILES string of the molecule is CC(=O)Nc1cccc(N=Cc2c(C)[nH]n(-c3ccc(Cl)cc3)c2=O)c1. The van der Waals surface area contributed by atoms with E-state index in [2.05, 4.69) is 15.4 Å². The summed E-state index contributed by atoms with van der Waals surface area (Å²) in [5.74, 6) is -0.154. The zero-order valence-corrected chi connectivity index (χ0v) is 15.0. The van der Waals surface area contributed by atoms with Crippen molar-refractivity contribution in [2.45, 2.75) is 13.8 Å². The Balaban J connectivity index is 1.91. The standard InChI is InChI=1S/C19H17ClN4O2/c1-12-18(11-21-15-4-3-5-16(10-15)22-13(2)25)19(26)24(23-12)17-8-6-14(20)7-9-17/h3-11,23H,1-2H3,(H,22,25). The Labute approximate surface area is 155 Å². The van der Waals surface area contributed by atoms with Crippen LogP contribution in [0, 0.1) is 6.92 Å². The Morgan fingerprint density at radius 1 is 1.23 bits per heavy atom. The molecule has 0 aliphatic heterocycles. The van der Waals surface area contributed by atoms with E-state index in [0.717, 1.165) is 0 Å². The van der Waals surface area contributed by atoms with E-state index >= 15 is 0 Å². The Bertz CT molecular complexity index is 1030. The van der Waals surface area contributed by atoms with Gasteiger partial charge >= 0.3 is 0 Å². The minimum atomic E-state index is -0.202. The molecule has 2 N–H and O–H groups in total. The van der Waals surface area contributed by atoms with E-state index in [1.165, 1.54) is 17.8 Å². The van der Waals surface area contributed by atoms with E-state index < -0.39 is 0 Å². The van der Waals surface area contributed by atoms with Crippen molar-refractivity contribution in [1.82, 2.24) is 9.78 Å². The molecule has 6 nitrogen and oxygen atoms in total. The molecule has 3 aromatic rings. The van der Waals surface area contributed by atoms with Gasteiger partial charge < -0.3 is 5.32 Å². The summed E-state index contributed by atoms with van der Waals surface area (Å²) in [7, 11) is 0. The molecule has 7 heteroatoms. The van der Waals surface area contributed by atoms with E-state index in [9.17, 15) is 9.59 Å². The van der Waals surface area contributed by atoms with Gasteiger partial charge in [0.2, 0.25) is 5.91 Å². The first-order chi connectivity index (χ1) is 12.4. The van der Waals surface area contributed by atoms with Crippen molar-refractivity contribution in [2.75, 3.05) is 5.32 Å². The maximum absolute atomic E-state index is 12.7. The normalized spacial score (nSPS) is 11.0. The number of hydrogen-bond acceptors (Lipinski definition) is 3. The highest BCUT2D eigenvalue weighted by molar-refractivity contribution is 6.30. The van der Waals surface area contributed by atoms with Crippen LogP contribution >= 0.6 is 11.6 Å². The molecule has 2 aromatic carbocycles. The highest BCUT2D eigenvalue weighted by Crippen LogP contribution is 2.18. The maximum Gasteiger partial charge on any atom is 0.280 e. The van der Waals surface area contributed by atoms with Crippen molar-refractivity contribution >= 4 is 35.1 Å². The smallest absolute Gasteiger partial charge is 0.280 e. The molecule has 0 aliphatic carbocycles. The number of aromatic amines is 1. The maximum atomic E-state index is 12.7. The van der Waals surface area contributed by atoms with Crippen LogP contribution in [-0.2, 0) is 4.79 Å². The minimum Gasteiger partial charge on any atom is -0.326 e. The highest BCUT2D eigenvalue weighted by atomic mass is 35.5. The first-order valence-electron chi connectivity index (χ1n) is 7.93. The third-order valence-electron chi connectivity index (χ3n) is 3.71. The fraction of sp³-hybridized carbons (Fsp3) is 0.105. The fourth-order valence-electron chi connectivity index (χ4n) is 2.49. The zero-order chi connectivity index (χ0) is 18.7. The Morgan fingerprint density at radius 3 is 2.65 bits per heavy atom. The third-order valence-corrected chi connectivity index (χ3v) is 3.96. The summed E-state index contributed by atoms with van der Waals surface area (Å²) >= 11 is 5.89. The van der Waals surface area contributed by atoms with Crippen molar-refractivity contribution in [1.29, 1.82) is 0 Å². The average molecular weight is 369 g/mol. The van der Waals surface area contributed by atoms with Crippen LogP contribution in [0.25, 0.3) is 5.69 Å². The fourth-order valence-corrected chi connectivity index (χ4v) is 2.62. The van der Waals surface area contributed by atoms with E-state index in [0.29, 0.717) is 33.3 Å². The number of hydrogen-bond donors (Lipinski definition) is 2. The second kappa shape index (κ2) is 7.41. The van der Waals surface area contributed by atoms with Crippen LogP contribution in [0.2, 0.25) is 5.02 Å². The lowest BCUT2D eigenvalue weighted by molar-refractivity contribution is -0.114. The molecular weight excluding hydrogens is 352 g/mol. The summed E-state index contributed by atoms with van der Waals surface area (Å²) in [6, 6.07) is 14.1. The van der Waals surface area contributed by atoms with Gasteiger partial charge in [-0.15, -0.1) is 0 Å². The molecule has 1 aromatic heterocycles. The van der Waals surface area contributed by atoms with Crippen LogP contribution < -0.4 is 10.9 Å². The number of aromatic nitrogens is 2. The summed E-state index contributed by atoms with van der Waals surface area (Å²) in [5, 5.41) is 6.34. The summed E-state index contributed by atoms with van der Waals surface area (Å²) in [6.45, 7) is 3.25. The Hall–Kier alpha value is -3.12. The lowest BCUT2D eigenvalue weighted by Crippen LogP contribution is -2.17. The topological polar surface area (TPSA) is 79.2 Å². The van der Waals surface area contributed by atoms with Gasteiger partial charge in [-0.05, 0) is 49.4 Å². The quantitative estimate of drug-likeness (QED) is 0.686. The molecule has 0 spiro atoms. The zero-order valence-electron chi connectivity index (χ0n) is 14.3. The predicted octanol–water partition coefficient (Wildman–Crippen LogP) is 3.84. The molecule has 0 saturated heterocycles. The summed E-state index contributed by atoms with van der Waals surface area (Å²) < 4.78 is 1.45. The van der Waals surface area contributed by atoms with E-state index in [4.69, 9.17) is 11.6 Å². The van der Waals surface area contributed by atoms with Gasteiger partial charge in [-0.25, -0.2) is 4.68 Å². The molecule has 0 unspecified atom stereocenters. The van der Waals surface area contributed by atoms with Gasteiger partial charge in [0.25, 0.3) is 5.56 Å². The molecule has 0 bridgehead atoms. The Kier molecular flexibility index (Phi) is 5.04. The number of nitrogens with zero attached hydrogens (tertiary/aromatic N) is 2. The number of aryl methyl sites for hydroxylation is 1. The molecule has 0 aliphatic rings. The molecular formula is C19H17ClN4O2. The highest BCUT2D eigenvalue weighted by Gasteiger charge is 2.10. The average Bonchev–Trinajstić information content (AvgIpc) is 2.88. The first-order valence-corrected chi connectivity index (χ1v) is 8.31. The van der Waals surface area contributed by atoms with Crippen LogP contribution in [-0.4, -0.2) is 21.9 Å². The van der Waals surface area contributed by atoms with Gasteiger partial charge in [0.15, 0.2) is 0 Å². The van der Waals surface area contributed by atoms with E-state index in [1.54, 1.807) is 48.5 Å². The van der Waals surface area contributed by atoms with Gasteiger partial charge in [0, 0.05) is 29.5 Å². The molecule has 1 amide bonds. The number of carbonyl (C=O) groups is 1. The van der Waals surface area contributed by atoms with Crippen LogP contribution in [0.5, 0.6) is 0 Å². The lowest BCUT2D eigenvalue weighted by atomic mass is 10.2. The van der Waals surface area contributed by atoms with E-state index in [-0.39, 0.29) is 11.5 Å². The van der Waals surface area contributed by atoms with Gasteiger partial charge in [-0.2, -0.15) is 0 Å². The number of aliphatic imine (C=N–C) groups is 1. The number of anilines is 1. The molecule has 132 valence electrons. The minimum absolute atomic E-state index is 0.154. The first kappa shape index (κ1) is 17.7. The molecule has 1 heterocycles. The second-order valence-electron chi connectivity index (χ2n) is 5.76. The molecule has 0 atom stereocenters. The number of nitrogens with one attached hydrogen (secondary N) is 2. The summed E-state index contributed by atoms with van der Waals surface area (Å²) in [5.41, 5.74) is 2.93. The Morgan fingerprint density at radius 2 is 1.96 bits per heavy atom. The van der Waals surface area contributed by atoms with Gasteiger partial charge in [0.1, 0.15) is 0 Å². The number of carbonyl (C=O) groups excluding carboxylic acids is 1. The molecule has 3 rings (SSSR count). The number of rotatable bonds is 4. The number of benzene rings is 2. The van der Waals surface area contributed by atoms with Crippen molar-refractivity contribution in [3.05, 3.63) is 75.2 Å². The third kappa shape index (κ3) is 3.92. The lowest BCUT2D eigenvalue weighted by Gasteiger charge is -2.02. The molecule has 0 radical (unpaired) electrons. The number of halogens is 1. The van der Waals surface area contributed by atoms with Crippen molar-refractivity contribution in [2.24, 2.45) is 4.99 Å². The van der Waals surface area contributed by atoms with Crippen molar-refractivity contribution in [3.63, 3.8) is 0 Å². The summed E-state index contributed by atoms with van der Waals surface area (Å²) in [4.78, 5) is 28.2. The van der Waals surface area contributed by atoms with Crippen LogP contribution in [0.3, 0.4) is 0 Å². The molecule has 0 fully saturated rings. The van der Waals surface area contributed by atoms with Crippen molar-refractivity contribution < 1.29 is 4.79 Å². The molecule has 0 saturated carbocycles. The van der Waals surface area contributed by atoms with Gasteiger partial charge in [0.05, 0.1) is 16.9 Å². The van der Waals surface area contributed by atoms with Crippen LogP contribution in [0.1, 0.15) is 18.2 Å².